The molecule has 0 spiro atoms. The predicted molar refractivity (Wildman–Crippen MR) is 86.2 cm³/mol. The molecular formula is C17H16ClNO4. The van der Waals surface area contributed by atoms with Crippen LogP contribution in [-0.4, -0.2) is 30.8 Å². The number of fused-ring (bicyclic) bond motifs is 1. The second-order valence-corrected chi connectivity index (χ2v) is 5.54. The number of aliphatic hydroxyl groups excluding tert-OH is 1. The number of carbonyl (C=O) groups is 1. The topological polar surface area (TPSA) is 67.8 Å². The van der Waals surface area contributed by atoms with E-state index >= 15 is 0 Å². The second kappa shape index (κ2) is 6.89. The highest BCUT2D eigenvalue weighted by Crippen LogP contribution is 2.33. The molecule has 0 radical (unpaired) electrons. The van der Waals surface area contributed by atoms with Crippen molar-refractivity contribution in [2.45, 2.75) is 6.10 Å². The summed E-state index contributed by atoms with van der Waals surface area (Å²) in [5.41, 5.74) is 1.08. The highest BCUT2D eigenvalue weighted by molar-refractivity contribution is 6.30. The van der Waals surface area contributed by atoms with Gasteiger partial charge in [0.15, 0.2) is 11.5 Å². The van der Waals surface area contributed by atoms with Gasteiger partial charge in [-0.15, -0.1) is 0 Å². The Morgan fingerprint density at radius 2 is 1.91 bits per heavy atom. The largest absolute Gasteiger partial charge is 0.486 e. The van der Waals surface area contributed by atoms with E-state index in [2.05, 4.69) is 5.32 Å². The molecular weight excluding hydrogens is 318 g/mol. The zero-order valence-corrected chi connectivity index (χ0v) is 13.0. The average Bonchev–Trinajstić information content (AvgIpc) is 2.59. The first-order valence-electron chi connectivity index (χ1n) is 7.25. The first-order chi connectivity index (χ1) is 11.1. The summed E-state index contributed by atoms with van der Waals surface area (Å²) in [6, 6.07) is 12.0. The normalized spacial score (nSPS) is 14.2. The van der Waals surface area contributed by atoms with Gasteiger partial charge in [0, 0.05) is 11.6 Å². The van der Waals surface area contributed by atoms with Gasteiger partial charge in [-0.2, -0.15) is 0 Å². The second-order valence-electron chi connectivity index (χ2n) is 5.11. The van der Waals surface area contributed by atoms with Gasteiger partial charge in [-0.3, -0.25) is 4.79 Å². The third kappa shape index (κ3) is 3.57. The smallest absolute Gasteiger partial charge is 0.255 e. The molecule has 1 aliphatic rings. The number of ether oxygens (including phenoxy) is 2. The van der Waals surface area contributed by atoms with Gasteiger partial charge in [-0.25, -0.2) is 0 Å². The maximum absolute atomic E-state index is 12.3. The van der Waals surface area contributed by atoms with Crippen LogP contribution in [0, 0.1) is 0 Å². The molecule has 1 heterocycles. The summed E-state index contributed by atoms with van der Waals surface area (Å²) in [7, 11) is 0. The minimum absolute atomic E-state index is 0.0883. The summed E-state index contributed by atoms with van der Waals surface area (Å²) in [5.74, 6) is 0.680. The van der Waals surface area contributed by atoms with Crippen molar-refractivity contribution in [1.29, 1.82) is 0 Å². The molecule has 0 fully saturated rings. The Labute approximate surface area is 138 Å². The van der Waals surface area contributed by atoms with Crippen molar-refractivity contribution in [3.8, 4) is 11.5 Å². The van der Waals surface area contributed by atoms with E-state index in [0.29, 0.717) is 40.9 Å². The van der Waals surface area contributed by atoms with Gasteiger partial charge >= 0.3 is 0 Å². The summed E-state index contributed by atoms with van der Waals surface area (Å²) >= 11 is 5.81. The van der Waals surface area contributed by atoms with Crippen molar-refractivity contribution in [2.75, 3.05) is 19.8 Å². The van der Waals surface area contributed by atoms with Gasteiger partial charge < -0.3 is 19.9 Å². The number of amides is 1. The van der Waals surface area contributed by atoms with Crippen LogP contribution in [-0.2, 0) is 0 Å². The molecule has 0 saturated heterocycles. The lowest BCUT2D eigenvalue weighted by molar-refractivity contribution is 0.0905. The van der Waals surface area contributed by atoms with Crippen molar-refractivity contribution < 1.29 is 19.4 Å². The Balaban J connectivity index is 1.67. The fraction of sp³-hybridized carbons (Fsp3) is 0.235. The summed E-state index contributed by atoms with van der Waals surface area (Å²) in [6.07, 6.45) is -0.812. The van der Waals surface area contributed by atoms with Gasteiger partial charge in [-0.1, -0.05) is 29.8 Å². The molecule has 0 aromatic heterocycles. The zero-order chi connectivity index (χ0) is 16.2. The Hall–Kier alpha value is -2.24. The van der Waals surface area contributed by atoms with Gasteiger partial charge in [0.25, 0.3) is 5.91 Å². The number of aliphatic hydroxyl groups is 1. The molecule has 2 aromatic rings. The van der Waals surface area contributed by atoms with Crippen LogP contribution in [0.25, 0.3) is 0 Å². The van der Waals surface area contributed by atoms with Crippen LogP contribution in [0.3, 0.4) is 0 Å². The van der Waals surface area contributed by atoms with Gasteiger partial charge in [0.05, 0.1) is 11.7 Å². The fourth-order valence-electron chi connectivity index (χ4n) is 2.34. The third-order valence-electron chi connectivity index (χ3n) is 3.52. The van der Waals surface area contributed by atoms with Crippen LogP contribution in [0.5, 0.6) is 11.5 Å². The quantitative estimate of drug-likeness (QED) is 0.902. The summed E-state index contributed by atoms with van der Waals surface area (Å²) in [4.78, 5) is 12.3. The molecule has 0 aliphatic carbocycles. The Bertz CT molecular complexity index is 702. The average molecular weight is 334 g/mol. The van der Waals surface area contributed by atoms with E-state index in [0.717, 1.165) is 0 Å². The standard InChI is InChI=1S/C17H16ClNO4/c18-12-6-4-11(5-7-12)14(20)10-19-17(21)13-2-1-3-15-16(13)23-9-8-22-15/h1-7,14,20H,8-10H2,(H,19,21)/t14-/m0/s1. The fourth-order valence-corrected chi connectivity index (χ4v) is 2.47. The van der Waals surface area contributed by atoms with Crippen LogP contribution >= 0.6 is 11.6 Å². The Morgan fingerprint density at radius 3 is 2.70 bits per heavy atom. The maximum Gasteiger partial charge on any atom is 0.255 e. The van der Waals surface area contributed by atoms with E-state index in [9.17, 15) is 9.90 Å². The summed E-state index contributed by atoms with van der Waals surface area (Å²) < 4.78 is 11.0. The number of para-hydroxylation sites is 1. The SMILES string of the molecule is O=C(NC[C@H](O)c1ccc(Cl)cc1)c1cccc2c1OCCO2. The molecule has 2 N–H and O–H groups in total. The molecule has 0 saturated carbocycles. The summed E-state index contributed by atoms with van der Waals surface area (Å²) in [6.45, 7) is 0.961. The van der Waals surface area contributed by atoms with Crippen LogP contribution in [0.4, 0.5) is 0 Å². The van der Waals surface area contributed by atoms with E-state index in [-0.39, 0.29) is 12.5 Å². The Morgan fingerprint density at radius 1 is 1.17 bits per heavy atom. The Kier molecular flexibility index (Phi) is 4.69. The molecule has 0 unspecified atom stereocenters. The van der Waals surface area contributed by atoms with Gasteiger partial charge in [0.1, 0.15) is 13.2 Å². The number of nitrogens with one attached hydrogen (secondary N) is 1. The minimum Gasteiger partial charge on any atom is -0.486 e. The number of benzene rings is 2. The van der Waals surface area contributed by atoms with Gasteiger partial charge in [-0.05, 0) is 29.8 Å². The van der Waals surface area contributed by atoms with Gasteiger partial charge in [0.2, 0.25) is 0 Å². The molecule has 6 heteroatoms. The lowest BCUT2D eigenvalue weighted by Crippen LogP contribution is -2.29. The number of carbonyl (C=O) groups excluding carboxylic acids is 1. The van der Waals surface area contributed by atoms with Crippen molar-refractivity contribution in [1.82, 2.24) is 5.32 Å². The monoisotopic (exact) mass is 333 g/mol. The van der Waals surface area contributed by atoms with Crippen LogP contribution < -0.4 is 14.8 Å². The van der Waals surface area contributed by atoms with E-state index in [1.165, 1.54) is 0 Å². The van der Waals surface area contributed by atoms with Crippen molar-refractivity contribution in [2.24, 2.45) is 0 Å². The molecule has 2 aromatic carbocycles. The van der Waals surface area contributed by atoms with E-state index in [4.69, 9.17) is 21.1 Å². The van der Waals surface area contributed by atoms with Crippen LogP contribution in [0.1, 0.15) is 22.0 Å². The molecule has 1 atom stereocenters. The van der Waals surface area contributed by atoms with Crippen LogP contribution in [0.2, 0.25) is 5.02 Å². The van der Waals surface area contributed by atoms with E-state index in [1.807, 2.05) is 0 Å². The zero-order valence-electron chi connectivity index (χ0n) is 12.3. The van der Waals surface area contributed by atoms with Crippen molar-refractivity contribution in [3.05, 3.63) is 58.6 Å². The van der Waals surface area contributed by atoms with Crippen molar-refractivity contribution in [3.63, 3.8) is 0 Å². The molecule has 1 amide bonds. The van der Waals surface area contributed by atoms with Crippen LogP contribution in [0.15, 0.2) is 42.5 Å². The number of halogens is 1. The maximum atomic E-state index is 12.3. The number of hydrogen-bond donors (Lipinski definition) is 2. The summed E-state index contributed by atoms with van der Waals surface area (Å²) in [5, 5.41) is 13.4. The third-order valence-corrected chi connectivity index (χ3v) is 3.77. The number of hydrogen-bond acceptors (Lipinski definition) is 4. The molecule has 1 aliphatic heterocycles. The molecule has 3 rings (SSSR count). The van der Waals surface area contributed by atoms with E-state index in [1.54, 1.807) is 42.5 Å². The van der Waals surface area contributed by atoms with Crippen molar-refractivity contribution >= 4 is 17.5 Å². The lowest BCUT2D eigenvalue weighted by atomic mass is 10.1. The minimum atomic E-state index is -0.812. The first kappa shape index (κ1) is 15.6. The number of rotatable bonds is 4. The first-order valence-corrected chi connectivity index (χ1v) is 7.63. The highest BCUT2D eigenvalue weighted by atomic mass is 35.5. The lowest BCUT2D eigenvalue weighted by Gasteiger charge is -2.21. The van der Waals surface area contributed by atoms with E-state index < -0.39 is 6.10 Å². The molecule has 120 valence electrons. The highest BCUT2D eigenvalue weighted by Gasteiger charge is 2.20. The molecule has 5 nitrogen and oxygen atoms in total. The molecule has 0 bridgehead atoms. The molecule has 23 heavy (non-hydrogen) atoms. The predicted octanol–water partition coefficient (Wildman–Crippen LogP) is 2.57.